The van der Waals surface area contributed by atoms with E-state index in [0.717, 1.165) is 6.42 Å². The predicted molar refractivity (Wildman–Crippen MR) is 41.0 cm³/mol. The molecule has 0 radical (unpaired) electrons. The number of aromatic nitrogens is 2. The van der Waals surface area contributed by atoms with Gasteiger partial charge in [0, 0.05) is 0 Å². The van der Waals surface area contributed by atoms with Gasteiger partial charge in [0.25, 0.3) is 6.47 Å². The highest BCUT2D eigenvalue weighted by Crippen LogP contribution is 1.84. The van der Waals surface area contributed by atoms with Crippen molar-refractivity contribution in [2.75, 3.05) is 12.3 Å². The second-order valence-electron chi connectivity index (χ2n) is 1.80. The number of anilines is 1. The lowest BCUT2D eigenvalue weighted by Crippen LogP contribution is -1.86. The van der Waals surface area contributed by atoms with Crippen LogP contribution in [0.3, 0.4) is 0 Å². The molecule has 0 amide bonds. The summed E-state index contributed by atoms with van der Waals surface area (Å²) in [6.45, 7) is 2.95. The van der Waals surface area contributed by atoms with Crippen LogP contribution in [0.25, 0.3) is 0 Å². The van der Waals surface area contributed by atoms with Crippen molar-refractivity contribution in [3.05, 3.63) is 6.20 Å². The second kappa shape index (κ2) is 7.52. The lowest BCUT2D eigenvalue weighted by molar-refractivity contribution is -0.128. The molecule has 0 aliphatic carbocycles. The van der Waals surface area contributed by atoms with Crippen molar-refractivity contribution in [2.45, 2.75) is 13.3 Å². The molecular formula is C6H11N3O3. The highest BCUT2D eigenvalue weighted by Gasteiger charge is 1.80. The molecule has 12 heavy (non-hydrogen) atoms. The van der Waals surface area contributed by atoms with E-state index >= 15 is 0 Å². The third-order valence-electron chi connectivity index (χ3n) is 0.768. The molecule has 6 nitrogen and oxygen atoms in total. The van der Waals surface area contributed by atoms with Gasteiger partial charge in [0.2, 0.25) is 0 Å². The molecule has 6 heteroatoms. The van der Waals surface area contributed by atoms with Gasteiger partial charge in [-0.3, -0.25) is 4.79 Å². The normalized spacial score (nSPS) is 8.08. The van der Waals surface area contributed by atoms with Crippen molar-refractivity contribution < 1.29 is 14.2 Å². The van der Waals surface area contributed by atoms with Crippen LogP contribution < -0.4 is 5.73 Å². The van der Waals surface area contributed by atoms with Crippen LogP contribution in [0.1, 0.15) is 13.3 Å². The SMILES string of the molecule is CCCOC=O.Nc1cnon1. The van der Waals surface area contributed by atoms with Crippen LogP contribution in [0.2, 0.25) is 0 Å². The molecule has 1 aromatic heterocycles. The molecule has 0 aromatic carbocycles. The number of rotatable bonds is 3. The fourth-order valence-electron chi connectivity index (χ4n) is 0.338. The van der Waals surface area contributed by atoms with E-state index in [1.54, 1.807) is 0 Å². The van der Waals surface area contributed by atoms with E-state index < -0.39 is 0 Å². The molecule has 68 valence electrons. The molecule has 0 unspecified atom stereocenters. The van der Waals surface area contributed by atoms with Crippen LogP contribution >= 0.6 is 0 Å². The van der Waals surface area contributed by atoms with E-state index in [0.29, 0.717) is 18.9 Å². The number of nitrogens with two attached hydrogens (primary N) is 1. The highest BCUT2D eigenvalue weighted by molar-refractivity contribution is 5.36. The molecule has 0 atom stereocenters. The minimum Gasteiger partial charge on any atom is -0.468 e. The number of hydrogen-bond acceptors (Lipinski definition) is 6. The number of hydrogen-bond donors (Lipinski definition) is 1. The first-order valence-electron chi connectivity index (χ1n) is 3.39. The number of carbonyl (C=O) groups excluding carboxylic acids is 1. The summed E-state index contributed by atoms with van der Waals surface area (Å²) >= 11 is 0. The number of ether oxygens (including phenoxy) is 1. The smallest absolute Gasteiger partial charge is 0.293 e. The van der Waals surface area contributed by atoms with Gasteiger partial charge in [-0.2, -0.15) is 0 Å². The molecule has 0 aliphatic rings. The zero-order valence-corrected chi connectivity index (χ0v) is 6.77. The van der Waals surface area contributed by atoms with Crippen LogP contribution in [0.5, 0.6) is 0 Å². The molecule has 0 bridgehead atoms. The Kier molecular flexibility index (Phi) is 6.52. The maximum Gasteiger partial charge on any atom is 0.293 e. The van der Waals surface area contributed by atoms with Crippen LogP contribution in [0.15, 0.2) is 10.8 Å². The van der Waals surface area contributed by atoms with Gasteiger partial charge >= 0.3 is 0 Å². The molecule has 1 heterocycles. The van der Waals surface area contributed by atoms with Gasteiger partial charge < -0.3 is 10.5 Å². The quantitative estimate of drug-likeness (QED) is 0.519. The standard InChI is InChI=1S/C4H8O2.C2H3N3O/c1-2-3-6-4-5;3-2-1-4-6-5-2/h4H,2-3H2,1H3;1H,(H2,3,5). The zero-order valence-electron chi connectivity index (χ0n) is 6.77. The van der Waals surface area contributed by atoms with Crippen LogP contribution in [0, 0.1) is 0 Å². The molecule has 0 saturated carbocycles. The molecular weight excluding hydrogens is 162 g/mol. The van der Waals surface area contributed by atoms with Gasteiger partial charge in [0.1, 0.15) is 6.20 Å². The van der Waals surface area contributed by atoms with Crippen molar-refractivity contribution >= 4 is 12.3 Å². The summed E-state index contributed by atoms with van der Waals surface area (Å²) in [5.74, 6) is 0.315. The fourth-order valence-corrected chi connectivity index (χ4v) is 0.338. The summed E-state index contributed by atoms with van der Waals surface area (Å²) in [6, 6.07) is 0. The topological polar surface area (TPSA) is 91.2 Å². The molecule has 0 saturated heterocycles. The Bertz CT molecular complexity index is 188. The Labute approximate surface area is 69.6 Å². The highest BCUT2D eigenvalue weighted by atomic mass is 16.6. The maximum absolute atomic E-state index is 9.34. The third-order valence-corrected chi connectivity index (χ3v) is 0.768. The van der Waals surface area contributed by atoms with Gasteiger partial charge in [-0.05, 0) is 11.6 Å². The summed E-state index contributed by atoms with van der Waals surface area (Å²) in [5.41, 5.74) is 5.01. The Hall–Kier alpha value is -1.59. The average Bonchev–Trinajstić information content (AvgIpc) is 2.53. The second-order valence-corrected chi connectivity index (χ2v) is 1.80. The molecule has 0 fully saturated rings. The van der Waals surface area contributed by atoms with Gasteiger partial charge in [-0.25, -0.2) is 4.63 Å². The first kappa shape index (κ1) is 10.4. The van der Waals surface area contributed by atoms with Crippen LogP contribution in [-0.4, -0.2) is 23.4 Å². The Morgan fingerprint density at radius 3 is 2.75 bits per heavy atom. The Morgan fingerprint density at radius 1 is 1.83 bits per heavy atom. The van der Waals surface area contributed by atoms with Crippen molar-refractivity contribution in [3.8, 4) is 0 Å². The molecule has 0 aliphatic heterocycles. The van der Waals surface area contributed by atoms with E-state index in [4.69, 9.17) is 5.73 Å². The number of nitrogen functional groups attached to an aromatic ring is 1. The van der Waals surface area contributed by atoms with E-state index in [1.165, 1.54) is 6.20 Å². The first-order chi connectivity index (χ1) is 5.81. The molecule has 1 aromatic rings. The van der Waals surface area contributed by atoms with Gasteiger partial charge in [0.05, 0.1) is 6.61 Å². The summed E-state index contributed by atoms with van der Waals surface area (Å²) in [7, 11) is 0. The van der Waals surface area contributed by atoms with E-state index in [1.807, 2.05) is 6.92 Å². The first-order valence-corrected chi connectivity index (χ1v) is 3.39. The molecule has 0 spiro atoms. The average molecular weight is 173 g/mol. The van der Waals surface area contributed by atoms with E-state index in [9.17, 15) is 4.79 Å². The predicted octanol–water partition coefficient (Wildman–Crippen LogP) is 0.221. The van der Waals surface area contributed by atoms with E-state index in [-0.39, 0.29) is 0 Å². The summed E-state index contributed by atoms with van der Waals surface area (Å²) in [6.07, 6.45) is 2.23. The number of nitrogens with zero attached hydrogens (tertiary/aromatic N) is 2. The maximum atomic E-state index is 9.34. The monoisotopic (exact) mass is 173 g/mol. The summed E-state index contributed by atoms with van der Waals surface area (Å²) in [4.78, 5) is 9.34. The Morgan fingerprint density at radius 2 is 2.58 bits per heavy atom. The van der Waals surface area contributed by atoms with Crippen molar-refractivity contribution in [1.82, 2.24) is 10.3 Å². The molecule has 2 N–H and O–H groups in total. The minimum absolute atomic E-state index is 0.315. The van der Waals surface area contributed by atoms with Crippen LogP contribution in [0.4, 0.5) is 5.82 Å². The lowest BCUT2D eigenvalue weighted by atomic mass is 10.5. The van der Waals surface area contributed by atoms with Crippen molar-refractivity contribution in [3.63, 3.8) is 0 Å². The summed E-state index contributed by atoms with van der Waals surface area (Å²) < 4.78 is 8.39. The molecule has 1 rings (SSSR count). The minimum atomic E-state index is 0.315. The number of carbonyl (C=O) groups is 1. The van der Waals surface area contributed by atoms with E-state index in [2.05, 4.69) is 19.7 Å². The van der Waals surface area contributed by atoms with Crippen molar-refractivity contribution in [1.29, 1.82) is 0 Å². The third kappa shape index (κ3) is 6.53. The lowest BCUT2D eigenvalue weighted by Gasteiger charge is -1.86. The van der Waals surface area contributed by atoms with Gasteiger partial charge in [0.15, 0.2) is 5.82 Å². The van der Waals surface area contributed by atoms with Gasteiger partial charge in [-0.15, -0.1) is 0 Å². The zero-order chi connectivity index (χ0) is 9.23. The largest absolute Gasteiger partial charge is 0.468 e. The van der Waals surface area contributed by atoms with Gasteiger partial charge in [-0.1, -0.05) is 12.1 Å². The fraction of sp³-hybridized carbons (Fsp3) is 0.500. The summed E-state index contributed by atoms with van der Waals surface area (Å²) in [5, 5.41) is 6.42. The van der Waals surface area contributed by atoms with Crippen molar-refractivity contribution in [2.24, 2.45) is 0 Å². The Balaban J connectivity index is 0.000000202. The van der Waals surface area contributed by atoms with Crippen LogP contribution in [-0.2, 0) is 9.53 Å².